The predicted molar refractivity (Wildman–Crippen MR) is 72.4 cm³/mol. The van der Waals surface area contributed by atoms with E-state index in [1.54, 1.807) is 6.07 Å². The molecule has 2 rings (SSSR count). The smallest absolute Gasteiger partial charge is 0.206 e. The van der Waals surface area contributed by atoms with Crippen molar-refractivity contribution < 1.29 is 17.2 Å². The molecule has 102 valence electrons. The summed E-state index contributed by atoms with van der Waals surface area (Å²) in [6, 6.07) is 6.33. The first-order valence-electron chi connectivity index (χ1n) is 5.07. The van der Waals surface area contributed by atoms with Gasteiger partial charge < -0.3 is 0 Å². The number of benzene rings is 1. The molecule has 0 spiro atoms. The molecule has 0 unspecified atom stereocenters. The summed E-state index contributed by atoms with van der Waals surface area (Å²) in [4.78, 5) is 0. The van der Waals surface area contributed by atoms with E-state index in [2.05, 4.69) is 20.7 Å². The molecule has 0 amide bonds. The molecule has 0 aliphatic carbocycles. The van der Waals surface area contributed by atoms with Gasteiger partial charge >= 0.3 is 0 Å². The molecule has 0 aliphatic rings. The lowest BCUT2D eigenvalue weighted by Gasteiger charge is -2.05. The van der Waals surface area contributed by atoms with Crippen LogP contribution in [-0.4, -0.2) is 8.42 Å². The molecule has 19 heavy (non-hydrogen) atoms. The van der Waals surface area contributed by atoms with Crippen LogP contribution >= 0.6 is 27.3 Å². The molecule has 0 atom stereocenters. The third kappa shape index (κ3) is 3.59. The Kier molecular flexibility index (Phi) is 4.34. The fraction of sp³-hybridized carbons (Fsp3) is 0.0909. The summed E-state index contributed by atoms with van der Waals surface area (Å²) in [7, 11) is -3.64. The molecule has 1 aromatic heterocycles. The molecule has 3 nitrogen and oxygen atoms in total. The molecule has 1 aromatic carbocycles. The number of nitrogens with one attached hydrogen (secondary N) is 1. The van der Waals surface area contributed by atoms with Crippen molar-refractivity contribution in [3.63, 3.8) is 0 Å². The molecule has 8 heteroatoms. The van der Waals surface area contributed by atoms with E-state index in [0.717, 1.165) is 23.5 Å². The first-order chi connectivity index (χ1) is 8.88. The Hall–Kier alpha value is -0.830. The SMILES string of the molecule is O=S(=O)(NCc1ccc(F)c(F)c1)c1ccc(Br)s1. The molecular formula is C11H8BrF2NO2S2. The molecule has 0 saturated carbocycles. The minimum absolute atomic E-state index is 0.102. The van der Waals surface area contributed by atoms with Crippen molar-refractivity contribution in [2.45, 2.75) is 10.8 Å². The lowest BCUT2D eigenvalue weighted by Crippen LogP contribution is -2.22. The zero-order chi connectivity index (χ0) is 14.0. The number of rotatable bonds is 4. The summed E-state index contributed by atoms with van der Waals surface area (Å²) < 4.78 is 52.6. The van der Waals surface area contributed by atoms with E-state index in [1.165, 1.54) is 12.1 Å². The monoisotopic (exact) mass is 367 g/mol. The van der Waals surface area contributed by atoms with Gasteiger partial charge in [-0.2, -0.15) is 0 Å². The zero-order valence-electron chi connectivity index (χ0n) is 9.36. The van der Waals surface area contributed by atoms with Gasteiger partial charge in [0, 0.05) is 6.54 Å². The second-order valence-electron chi connectivity index (χ2n) is 3.63. The second-order valence-corrected chi connectivity index (χ2v) is 8.09. The van der Waals surface area contributed by atoms with E-state index in [-0.39, 0.29) is 10.8 Å². The van der Waals surface area contributed by atoms with Crippen molar-refractivity contribution in [2.75, 3.05) is 0 Å². The van der Waals surface area contributed by atoms with Crippen LogP contribution in [0, 0.1) is 11.6 Å². The van der Waals surface area contributed by atoms with Crippen LogP contribution in [0.25, 0.3) is 0 Å². The average Bonchev–Trinajstić information content (AvgIpc) is 2.78. The van der Waals surface area contributed by atoms with Crippen molar-refractivity contribution in [3.05, 3.63) is 51.3 Å². The van der Waals surface area contributed by atoms with Crippen LogP contribution in [0.2, 0.25) is 0 Å². The van der Waals surface area contributed by atoms with Gasteiger partial charge in [-0.05, 0) is 45.8 Å². The highest BCUT2D eigenvalue weighted by molar-refractivity contribution is 9.11. The van der Waals surface area contributed by atoms with Crippen molar-refractivity contribution in [1.29, 1.82) is 0 Å². The van der Waals surface area contributed by atoms with Crippen LogP contribution in [0.1, 0.15) is 5.56 Å². The van der Waals surface area contributed by atoms with E-state index in [1.807, 2.05) is 0 Å². The molecule has 0 aliphatic heterocycles. The first kappa shape index (κ1) is 14.6. The maximum absolute atomic E-state index is 13.0. The predicted octanol–water partition coefficient (Wildman–Crippen LogP) is 3.27. The van der Waals surface area contributed by atoms with E-state index in [9.17, 15) is 17.2 Å². The lowest BCUT2D eigenvalue weighted by molar-refractivity contribution is 0.506. The number of hydrogen-bond acceptors (Lipinski definition) is 3. The lowest BCUT2D eigenvalue weighted by atomic mass is 10.2. The van der Waals surface area contributed by atoms with Crippen LogP contribution in [0.4, 0.5) is 8.78 Å². The number of thiophene rings is 1. The Morgan fingerprint density at radius 1 is 1.16 bits per heavy atom. The van der Waals surface area contributed by atoms with Crippen LogP contribution in [0.5, 0.6) is 0 Å². The van der Waals surface area contributed by atoms with Gasteiger partial charge in [0.2, 0.25) is 10.0 Å². The van der Waals surface area contributed by atoms with Gasteiger partial charge in [0.25, 0.3) is 0 Å². The Morgan fingerprint density at radius 3 is 2.47 bits per heavy atom. The van der Waals surface area contributed by atoms with E-state index in [0.29, 0.717) is 9.35 Å². The van der Waals surface area contributed by atoms with Gasteiger partial charge in [-0.3, -0.25) is 0 Å². The Morgan fingerprint density at radius 2 is 1.89 bits per heavy atom. The van der Waals surface area contributed by atoms with Gasteiger partial charge in [0.15, 0.2) is 11.6 Å². The van der Waals surface area contributed by atoms with Crippen molar-refractivity contribution >= 4 is 37.3 Å². The summed E-state index contributed by atoms with van der Waals surface area (Å²) in [6.07, 6.45) is 0. The summed E-state index contributed by atoms with van der Waals surface area (Å²) in [5.41, 5.74) is 0.345. The Bertz CT molecular complexity index is 700. The van der Waals surface area contributed by atoms with Crippen molar-refractivity contribution in [2.24, 2.45) is 0 Å². The standard InChI is InChI=1S/C11H8BrF2NO2S2/c12-10-3-4-11(18-10)19(16,17)15-6-7-1-2-8(13)9(14)5-7/h1-5,15H,6H2. The summed E-state index contributed by atoms with van der Waals surface area (Å²) in [5, 5.41) is 0. The van der Waals surface area contributed by atoms with E-state index >= 15 is 0 Å². The molecule has 1 N–H and O–H groups in total. The summed E-state index contributed by atoms with van der Waals surface area (Å²) >= 11 is 4.24. The van der Waals surface area contributed by atoms with Gasteiger partial charge in [-0.15, -0.1) is 11.3 Å². The highest BCUT2D eigenvalue weighted by atomic mass is 79.9. The first-order valence-corrected chi connectivity index (χ1v) is 8.17. The quantitative estimate of drug-likeness (QED) is 0.901. The third-order valence-corrected chi connectivity index (χ3v) is 5.78. The van der Waals surface area contributed by atoms with Crippen LogP contribution < -0.4 is 4.72 Å². The van der Waals surface area contributed by atoms with Crippen molar-refractivity contribution in [1.82, 2.24) is 4.72 Å². The summed E-state index contributed by atoms with van der Waals surface area (Å²) in [6.45, 7) is -0.102. The summed E-state index contributed by atoms with van der Waals surface area (Å²) in [5.74, 6) is -1.97. The second kappa shape index (κ2) is 5.66. The van der Waals surface area contributed by atoms with E-state index < -0.39 is 21.7 Å². The van der Waals surface area contributed by atoms with Gasteiger partial charge in [0.05, 0.1) is 3.79 Å². The number of halogens is 3. The molecule has 0 radical (unpaired) electrons. The maximum atomic E-state index is 13.0. The fourth-order valence-corrected chi connectivity index (χ4v) is 4.41. The zero-order valence-corrected chi connectivity index (χ0v) is 12.6. The topological polar surface area (TPSA) is 46.2 Å². The maximum Gasteiger partial charge on any atom is 0.250 e. The highest BCUT2D eigenvalue weighted by Crippen LogP contribution is 2.25. The Labute approximate surface area is 121 Å². The fourth-order valence-electron chi connectivity index (χ4n) is 1.34. The molecule has 2 aromatic rings. The van der Waals surface area contributed by atoms with Gasteiger partial charge in [-0.1, -0.05) is 6.07 Å². The molecule has 1 heterocycles. The number of hydrogen-bond donors (Lipinski definition) is 1. The van der Waals surface area contributed by atoms with Crippen LogP contribution in [0.15, 0.2) is 38.3 Å². The van der Waals surface area contributed by atoms with Crippen LogP contribution in [-0.2, 0) is 16.6 Å². The minimum atomic E-state index is -3.64. The van der Waals surface area contributed by atoms with Crippen LogP contribution in [0.3, 0.4) is 0 Å². The van der Waals surface area contributed by atoms with E-state index in [4.69, 9.17) is 0 Å². The minimum Gasteiger partial charge on any atom is -0.206 e. The average molecular weight is 368 g/mol. The highest BCUT2D eigenvalue weighted by Gasteiger charge is 2.16. The van der Waals surface area contributed by atoms with Gasteiger partial charge in [0.1, 0.15) is 4.21 Å². The normalized spacial score (nSPS) is 11.7. The Balaban J connectivity index is 2.11. The number of sulfonamides is 1. The molecule has 0 fully saturated rings. The molecular weight excluding hydrogens is 360 g/mol. The molecule has 0 bridgehead atoms. The third-order valence-electron chi connectivity index (χ3n) is 2.26. The van der Waals surface area contributed by atoms with Gasteiger partial charge in [-0.25, -0.2) is 21.9 Å². The van der Waals surface area contributed by atoms with Crippen molar-refractivity contribution in [3.8, 4) is 0 Å². The largest absolute Gasteiger partial charge is 0.250 e. The molecule has 0 saturated heterocycles.